The number of hydrogen-bond donors (Lipinski definition) is 2. The molecule has 0 bridgehead atoms. The van der Waals surface area contributed by atoms with Crippen LogP contribution in [0.1, 0.15) is 21.5 Å². The average Bonchev–Trinajstić information content (AvgIpc) is 2.67. The highest BCUT2D eigenvalue weighted by molar-refractivity contribution is 5.95. The summed E-state index contributed by atoms with van der Waals surface area (Å²) in [6.07, 6.45) is -3.45. The minimum atomic E-state index is -4.86. The zero-order valence-corrected chi connectivity index (χ0v) is 15.2. The van der Waals surface area contributed by atoms with Crippen LogP contribution in [0.5, 0.6) is 5.75 Å². The minimum Gasteiger partial charge on any atom is -0.478 e. The molecule has 0 radical (unpaired) electrons. The standard InChI is InChI=1S/C22H18F3NO3/c23-22(24,25)29-20-9-5-4-8-18(20)26-19-14-16(12-13-17(19)21(27)28)11-10-15-6-2-1-3-7-15/h1-9,12-14,26H,10-11H2,(H,27,28). The van der Waals surface area contributed by atoms with Gasteiger partial charge in [-0.2, -0.15) is 0 Å². The summed E-state index contributed by atoms with van der Waals surface area (Å²) in [6, 6.07) is 20.1. The quantitative estimate of drug-likeness (QED) is 0.524. The van der Waals surface area contributed by atoms with Gasteiger partial charge in [0.25, 0.3) is 0 Å². The minimum absolute atomic E-state index is 0.0209. The molecule has 0 aromatic heterocycles. The van der Waals surface area contributed by atoms with E-state index in [4.69, 9.17) is 0 Å². The second kappa shape index (κ2) is 8.68. The second-order valence-corrected chi connectivity index (χ2v) is 6.34. The van der Waals surface area contributed by atoms with Crippen molar-refractivity contribution >= 4 is 17.3 Å². The lowest BCUT2D eigenvalue weighted by Crippen LogP contribution is -2.18. The van der Waals surface area contributed by atoms with Gasteiger partial charge in [0.2, 0.25) is 0 Å². The molecular weight excluding hydrogens is 383 g/mol. The number of alkyl halides is 3. The third kappa shape index (κ3) is 5.75. The molecule has 0 atom stereocenters. The molecule has 3 rings (SSSR count). The number of benzene rings is 3. The molecule has 4 nitrogen and oxygen atoms in total. The maximum atomic E-state index is 12.6. The Morgan fingerprint density at radius 1 is 0.862 bits per heavy atom. The zero-order chi connectivity index (χ0) is 20.9. The topological polar surface area (TPSA) is 58.6 Å². The van der Waals surface area contributed by atoms with Gasteiger partial charge in [-0.1, -0.05) is 48.5 Å². The lowest BCUT2D eigenvalue weighted by Gasteiger charge is -2.16. The van der Waals surface area contributed by atoms with E-state index in [2.05, 4.69) is 10.1 Å². The van der Waals surface area contributed by atoms with Gasteiger partial charge in [-0.3, -0.25) is 0 Å². The third-order valence-electron chi connectivity index (χ3n) is 4.24. The predicted octanol–water partition coefficient (Wildman–Crippen LogP) is 5.81. The van der Waals surface area contributed by atoms with Crippen molar-refractivity contribution in [2.45, 2.75) is 19.2 Å². The Morgan fingerprint density at radius 2 is 1.52 bits per heavy atom. The molecule has 0 spiro atoms. The van der Waals surface area contributed by atoms with Crippen molar-refractivity contribution < 1.29 is 27.8 Å². The Hall–Kier alpha value is -3.48. The number of halogens is 3. The molecule has 0 heterocycles. The van der Waals surface area contributed by atoms with E-state index in [-0.39, 0.29) is 16.9 Å². The first-order chi connectivity index (χ1) is 13.8. The van der Waals surface area contributed by atoms with Gasteiger partial charge in [-0.15, -0.1) is 13.2 Å². The number of carbonyl (C=O) groups is 1. The van der Waals surface area contributed by atoms with Crippen molar-refractivity contribution in [3.05, 3.63) is 89.5 Å². The van der Waals surface area contributed by atoms with Crippen LogP contribution in [0.15, 0.2) is 72.8 Å². The first-order valence-corrected chi connectivity index (χ1v) is 8.84. The largest absolute Gasteiger partial charge is 0.573 e. The Balaban J connectivity index is 1.87. The fourth-order valence-corrected chi connectivity index (χ4v) is 2.90. The van der Waals surface area contributed by atoms with Crippen LogP contribution in [0.3, 0.4) is 0 Å². The molecule has 0 aliphatic heterocycles. The van der Waals surface area contributed by atoms with Gasteiger partial charge in [0, 0.05) is 0 Å². The number of anilines is 2. The van der Waals surface area contributed by atoms with Gasteiger partial charge in [0.05, 0.1) is 16.9 Å². The maximum Gasteiger partial charge on any atom is 0.573 e. The predicted molar refractivity (Wildman–Crippen MR) is 104 cm³/mol. The fourth-order valence-electron chi connectivity index (χ4n) is 2.90. The molecule has 0 saturated heterocycles. The summed E-state index contributed by atoms with van der Waals surface area (Å²) in [5.74, 6) is -1.62. The van der Waals surface area contributed by atoms with E-state index >= 15 is 0 Å². The van der Waals surface area contributed by atoms with Crippen LogP contribution in [-0.4, -0.2) is 17.4 Å². The molecule has 0 saturated carbocycles. The number of nitrogens with one attached hydrogen (secondary N) is 1. The zero-order valence-electron chi connectivity index (χ0n) is 15.2. The first-order valence-electron chi connectivity index (χ1n) is 8.84. The van der Waals surface area contributed by atoms with Crippen LogP contribution in [0.4, 0.5) is 24.5 Å². The van der Waals surface area contributed by atoms with E-state index in [9.17, 15) is 23.1 Å². The van der Waals surface area contributed by atoms with Crippen molar-refractivity contribution in [1.82, 2.24) is 0 Å². The summed E-state index contributed by atoms with van der Waals surface area (Å²) in [4.78, 5) is 11.6. The Bertz CT molecular complexity index is 988. The van der Waals surface area contributed by atoms with E-state index in [0.29, 0.717) is 6.42 Å². The number of rotatable bonds is 7. The summed E-state index contributed by atoms with van der Waals surface area (Å²) in [7, 11) is 0. The van der Waals surface area contributed by atoms with Gasteiger partial charge in [-0.25, -0.2) is 4.79 Å². The molecule has 3 aromatic carbocycles. The Kier molecular flexibility index (Phi) is 6.07. The Labute approximate surface area is 165 Å². The van der Waals surface area contributed by atoms with Gasteiger partial charge in [0.1, 0.15) is 0 Å². The number of para-hydroxylation sites is 2. The highest BCUT2D eigenvalue weighted by atomic mass is 19.4. The van der Waals surface area contributed by atoms with Crippen LogP contribution in [0.2, 0.25) is 0 Å². The normalized spacial score (nSPS) is 11.1. The molecule has 29 heavy (non-hydrogen) atoms. The third-order valence-corrected chi connectivity index (χ3v) is 4.24. The lowest BCUT2D eigenvalue weighted by molar-refractivity contribution is -0.274. The summed E-state index contributed by atoms with van der Waals surface area (Å²) in [5, 5.41) is 12.2. The summed E-state index contributed by atoms with van der Waals surface area (Å²) < 4.78 is 42.0. The maximum absolute atomic E-state index is 12.6. The second-order valence-electron chi connectivity index (χ2n) is 6.34. The molecule has 0 amide bonds. The van der Waals surface area contributed by atoms with Gasteiger partial charge in [0.15, 0.2) is 5.75 Å². The number of aromatic carboxylic acids is 1. The summed E-state index contributed by atoms with van der Waals surface area (Å²) in [6.45, 7) is 0. The lowest BCUT2D eigenvalue weighted by atomic mass is 10.0. The van der Waals surface area contributed by atoms with E-state index < -0.39 is 18.1 Å². The van der Waals surface area contributed by atoms with Crippen molar-refractivity contribution in [2.24, 2.45) is 0 Å². The van der Waals surface area contributed by atoms with Crippen LogP contribution in [0, 0.1) is 0 Å². The number of hydrogen-bond acceptors (Lipinski definition) is 3. The van der Waals surface area contributed by atoms with E-state index in [0.717, 1.165) is 23.6 Å². The molecule has 0 fully saturated rings. The average molecular weight is 401 g/mol. The molecule has 0 unspecified atom stereocenters. The monoisotopic (exact) mass is 401 g/mol. The van der Waals surface area contributed by atoms with Crippen LogP contribution in [0.25, 0.3) is 0 Å². The number of carboxylic acids is 1. The molecule has 7 heteroatoms. The molecule has 3 aromatic rings. The van der Waals surface area contributed by atoms with Crippen molar-refractivity contribution in [3.63, 3.8) is 0 Å². The highest BCUT2D eigenvalue weighted by Crippen LogP contribution is 2.33. The van der Waals surface area contributed by atoms with Gasteiger partial charge < -0.3 is 15.2 Å². The summed E-state index contributed by atoms with van der Waals surface area (Å²) >= 11 is 0. The van der Waals surface area contributed by atoms with Crippen LogP contribution < -0.4 is 10.1 Å². The Morgan fingerprint density at radius 3 is 2.21 bits per heavy atom. The van der Waals surface area contributed by atoms with Crippen LogP contribution >= 0.6 is 0 Å². The van der Waals surface area contributed by atoms with Gasteiger partial charge >= 0.3 is 12.3 Å². The summed E-state index contributed by atoms with van der Waals surface area (Å²) in [5.41, 5.74) is 2.16. The van der Waals surface area contributed by atoms with Crippen molar-refractivity contribution in [2.75, 3.05) is 5.32 Å². The van der Waals surface area contributed by atoms with Gasteiger partial charge in [-0.05, 0) is 48.2 Å². The molecular formula is C22H18F3NO3. The number of ether oxygens (including phenoxy) is 1. The molecule has 0 aliphatic carbocycles. The molecule has 150 valence electrons. The first kappa shape index (κ1) is 20.3. The molecule has 2 N–H and O–H groups in total. The fraction of sp³-hybridized carbons (Fsp3) is 0.136. The van der Waals surface area contributed by atoms with Crippen molar-refractivity contribution in [3.8, 4) is 5.75 Å². The molecule has 0 aliphatic rings. The smallest absolute Gasteiger partial charge is 0.478 e. The van der Waals surface area contributed by atoms with E-state index in [1.807, 2.05) is 30.3 Å². The van der Waals surface area contributed by atoms with E-state index in [1.165, 1.54) is 24.3 Å². The van der Waals surface area contributed by atoms with E-state index in [1.54, 1.807) is 12.1 Å². The highest BCUT2D eigenvalue weighted by Gasteiger charge is 2.32. The number of aryl methyl sites for hydroxylation is 2. The van der Waals surface area contributed by atoms with Crippen molar-refractivity contribution in [1.29, 1.82) is 0 Å². The SMILES string of the molecule is O=C(O)c1ccc(CCc2ccccc2)cc1Nc1ccccc1OC(F)(F)F. The number of carboxylic acid groups (broad SMARTS) is 1. The van der Waals surface area contributed by atoms with Crippen LogP contribution in [-0.2, 0) is 12.8 Å².